The molecule has 4 heteroatoms. The number of benzene rings is 1. The number of esters is 1. The predicted molar refractivity (Wildman–Crippen MR) is 64.4 cm³/mol. The van der Waals surface area contributed by atoms with Crippen LogP contribution in [0.1, 0.15) is 12.5 Å². The van der Waals surface area contributed by atoms with Crippen molar-refractivity contribution >= 4 is 17.7 Å². The number of thioether (sulfide) groups is 1. The summed E-state index contributed by atoms with van der Waals surface area (Å²) in [7, 11) is 0. The molecule has 0 aromatic heterocycles. The van der Waals surface area contributed by atoms with E-state index in [1.54, 1.807) is 12.3 Å². The van der Waals surface area contributed by atoms with Gasteiger partial charge in [0.2, 0.25) is 0 Å². The first-order valence-corrected chi connectivity index (χ1v) is 5.84. The second kappa shape index (κ2) is 6.95. The highest BCUT2D eigenvalue weighted by atomic mass is 32.2. The molecular weight excluding hydrogens is 224 g/mol. The lowest BCUT2D eigenvalue weighted by Crippen LogP contribution is -2.07. The van der Waals surface area contributed by atoms with Crippen molar-refractivity contribution in [1.82, 2.24) is 0 Å². The second-order valence-electron chi connectivity index (χ2n) is 3.03. The molecule has 0 fully saturated rings. The molecule has 1 aromatic rings. The smallest absolute Gasteiger partial charge is 0.310 e. The Kier molecular flexibility index (Phi) is 5.50. The fraction of sp³-hybridized carbons (Fsp3) is 0.250. The fourth-order valence-corrected chi connectivity index (χ4v) is 1.68. The molecule has 0 aliphatic heterocycles. The third-order valence-electron chi connectivity index (χ3n) is 1.84. The summed E-state index contributed by atoms with van der Waals surface area (Å²) in [4.78, 5) is 12.2. The molecule has 3 nitrogen and oxygen atoms in total. The van der Waals surface area contributed by atoms with Crippen molar-refractivity contribution < 1.29 is 14.6 Å². The molecule has 0 aliphatic carbocycles. The van der Waals surface area contributed by atoms with E-state index in [-0.39, 0.29) is 5.97 Å². The van der Waals surface area contributed by atoms with Gasteiger partial charge in [-0.1, -0.05) is 23.9 Å². The predicted octanol–water partition coefficient (Wildman–Crippen LogP) is 2.91. The van der Waals surface area contributed by atoms with E-state index >= 15 is 0 Å². The summed E-state index contributed by atoms with van der Waals surface area (Å²) < 4.78 is 4.85. The molecule has 0 radical (unpaired) electrons. The number of ether oxygens (including phenoxy) is 1. The van der Waals surface area contributed by atoms with Crippen LogP contribution in [0.15, 0.2) is 40.8 Å². The Morgan fingerprint density at radius 1 is 1.44 bits per heavy atom. The number of hydrogen-bond donors (Lipinski definition) is 1. The highest BCUT2D eigenvalue weighted by Gasteiger charge is 2.03. The molecule has 1 N–H and O–H groups in total. The standard InChI is InChI=1S/C12H14O3S/c1-2-15-12(14)9-10-3-5-11(6-4-10)16-8-7-13/h3-8,13H,2,9H2,1H3. The van der Waals surface area contributed by atoms with Crippen molar-refractivity contribution in [2.24, 2.45) is 0 Å². The molecule has 0 bridgehead atoms. The van der Waals surface area contributed by atoms with Crippen LogP contribution in [0.25, 0.3) is 0 Å². The maximum absolute atomic E-state index is 11.2. The summed E-state index contributed by atoms with van der Waals surface area (Å²) in [6.07, 6.45) is 1.30. The van der Waals surface area contributed by atoms with Crippen LogP contribution in [0.2, 0.25) is 0 Å². The summed E-state index contributed by atoms with van der Waals surface area (Å²) in [5, 5.41) is 10.1. The van der Waals surface area contributed by atoms with Gasteiger partial charge >= 0.3 is 5.97 Å². The van der Waals surface area contributed by atoms with Crippen LogP contribution in [-0.4, -0.2) is 17.7 Å². The minimum atomic E-state index is -0.210. The summed E-state index contributed by atoms with van der Waals surface area (Å²) in [6, 6.07) is 7.56. The van der Waals surface area contributed by atoms with Gasteiger partial charge in [0.15, 0.2) is 0 Å². The Bertz CT molecular complexity index is 357. The van der Waals surface area contributed by atoms with Crippen molar-refractivity contribution in [2.75, 3.05) is 6.61 Å². The highest BCUT2D eigenvalue weighted by Crippen LogP contribution is 2.19. The molecule has 86 valence electrons. The summed E-state index contributed by atoms with van der Waals surface area (Å²) in [6.45, 7) is 2.20. The summed E-state index contributed by atoms with van der Waals surface area (Å²) >= 11 is 1.41. The number of carbonyl (C=O) groups is 1. The Morgan fingerprint density at radius 2 is 2.12 bits per heavy atom. The second-order valence-corrected chi connectivity index (χ2v) is 4.01. The van der Waals surface area contributed by atoms with Crippen molar-refractivity contribution in [3.8, 4) is 0 Å². The van der Waals surface area contributed by atoms with Crippen LogP contribution in [0, 0.1) is 0 Å². The van der Waals surface area contributed by atoms with Gasteiger partial charge in [-0.15, -0.1) is 0 Å². The number of carbonyl (C=O) groups excluding carboxylic acids is 1. The first-order chi connectivity index (χ1) is 7.76. The molecule has 0 heterocycles. The third-order valence-corrected chi connectivity index (χ3v) is 2.64. The zero-order valence-corrected chi connectivity index (χ0v) is 9.87. The monoisotopic (exact) mass is 238 g/mol. The van der Waals surface area contributed by atoms with Gasteiger partial charge in [-0.05, 0) is 24.6 Å². The average Bonchev–Trinajstić information content (AvgIpc) is 2.28. The Hall–Kier alpha value is -1.42. The van der Waals surface area contributed by atoms with Crippen LogP contribution >= 0.6 is 11.8 Å². The van der Waals surface area contributed by atoms with Crippen molar-refractivity contribution in [2.45, 2.75) is 18.2 Å². The Balaban J connectivity index is 2.54. The van der Waals surface area contributed by atoms with E-state index in [4.69, 9.17) is 9.84 Å². The molecule has 0 saturated carbocycles. The third kappa shape index (κ3) is 4.40. The molecule has 1 rings (SSSR count). The van der Waals surface area contributed by atoms with Gasteiger partial charge in [0.25, 0.3) is 0 Å². The van der Waals surface area contributed by atoms with Gasteiger partial charge in [-0.3, -0.25) is 4.79 Å². The molecule has 0 atom stereocenters. The number of hydrogen-bond acceptors (Lipinski definition) is 4. The molecule has 0 amide bonds. The number of rotatable bonds is 5. The average molecular weight is 238 g/mol. The molecule has 0 unspecified atom stereocenters. The van der Waals surface area contributed by atoms with Crippen LogP contribution in [0.4, 0.5) is 0 Å². The van der Waals surface area contributed by atoms with Crippen molar-refractivity contribution in [1.29, 1.82) is 0 Å². The molecule has 0 spiro atoms. The van der Waals surface area contributed by atoms with Gasteiger partial charge in [0, 0.05) is 10.3 Å². The molecule has 1 aromatic carbocycles. The van der Waals surface area contributed by atoms with Crippen molar-refractivity contribution in [3.05, 3.63) is 41.5 Å². The number of aliphatic hydroxyl groups is 1. The first-order valence-electron chi connectivity index (χ1n) is 4.96. The highest BCUT2D eigenvalue weighted by molar-refractivity contribution is 8.02. The van der Waals surface area contributed by atoms with E-state index in [0.717, 1.165) is 16.7 Å². The van der Waals surface area contributed by atoms with E-state index < -0.39 is 0 Å². The van der Waals surface area contributed by atoms with Gasteiger partial charge in [0.05, 0.1) is 19.3 Å². The van der Waals surface area contributed by atoms with E-state index in [0.29, 0.717) is 13.0 Å². The van der Waals surface area contributed by atoms with Gasteiger partial charge < -0.3 is 9.84 Å². The lowest BCUT2D eigenvalue weighted by Gasteiger charge is -2.02. The molecule has 0 saturated heterocycles. The minimum Gasteiger partial charge on any atom is -0.515 e. The first kappa shape index (κ1) is 12.6. The lowest BCUT2D eigenvalue weighted by molar-refractivity contribution is -0.142. The SMILES string of the molecule is CCOC(=O)Cc1ccc(SC=CO)cc1. The van der Waals surface area contributed by atoms with Crippen LogP contribution in [0.3, 0.4) is 0 Å². The quantitative estimate of drug-likeness (QED) is 0.487. The van der Waals surface area contributed by atoms with Crippen molar-refractivity contribution in [3.63, 3.8) is 0 Å². The number of aliphatic hydroxyl groups excluding tert-OH is 1. The summed E-state index contributed by atoms with van der Waals surface area (Å²) in [5.74, 6) is -0.210. The Labute approximate surface area is 99.1 Å². The van der Waals surface area contributed by atoms with Gasteiger partial charge in [-0.2, -0.15) is 0 Å². The van der Waals surface area contributed by atoms with Crippen LogP contribution in [-0.2, 0) is 16.0 Å². The van der Waals surface area contributed by atoms with E-state index in [2.05, 4.69) is 0 Å². The topological polar surface area (TPSA) is 46.5 Å². The minimum absolute atomic E-state index is 0.210. The summed E-state index contributed by atoms with van der Waals surface area (Å²) in [5.41, 5.74) is 0.927. The van der Waals surface area contributed by atoms with Crippen LogP contribution < -0.4 is 0 Å². The maximum atomic E-state index is 11.2. The zero-order chi connectivity index (χ0) is 11.8. The van der Waals surface area contributed by atoms with Gasteiger partial charge in [0.1, 0.15) is 0 Å². The Morgan fingerprint density at radius 3 is 2.69 bits per heavy atom. The van der Waals surface area contributed by atoms with E-state index in [1.165, 1.54) is 11.8 Å². The van der Waals surface area contributed by atoms with E-state index in [9.17, 15) is 4.79 Å². The normalized spacial score (nSPS) is 10.6. The van der Waals surface area contributed by atoms with Gasteiger partial charge in [-0.25, -0.2) is 0 Å². The zero-order valence-electron chi connectivity index (χ0n) is 9.05. The molecular formula is C12H14O3S. The molecule has 0 aliphatic rings. The maximum Gasteiger partial charge on any atom is 0.310 e. The lowest BCUT2D eigenvalue weighted by atomic mass is 10.1. The van der Waals surface area contributed by atoms with Crippen LogP contribution in [0.5, 0.6) is 0 Å². The largest absolute Gasteiger partial charge is 0.515 e. The fourth-order valence-electron chi connectivity index (χ4n) is 1.17. The van der Waals surface area contributed by atoms with E-state index in [1.807, 2.05) is 24.3 Å². The molecule has 16 heavy (non-hydrogen) atoms.